The molecule has 2 rings (SSSR count). The zero-order valence-corrected chi connectivity index (χ0v) is 9.37. The molecule has 2 fully saturated rings. The predicted octanol–water partition coefficient (Wildman–Crippen LogP) is 1.45. The molecule has 1 saturated heterocycles. The van der Waals surface area contributed by atoms with Crippen molar-refractivity contribution in [2.75, 3.05) is 13.1 Å². The fourth-order valence-corrected chi connectivity index (χ4v) is 2.58. The van der Waals surface area contributed by atoms with E-state index >= 15 is 0 Å². The molecule has 0 spiro atoms. The van der Waals surface area contributed by atoms with E-state index in [0.717, 1.165) is 38.8 Å². The maximum atomic E-state index is 11.9. The van der Waals surface area contributed by atoms with Crippen LogP contribution in [0.3, 0.4) is 0 Å². The fourth-order valence-electron chi connectivity index (χ4n) is 2.58. The topological polar surface area (TPSA) is 43.2 Å². The SMILES string of the molecule is O=C(NC1CC[N]CC1)C1CCCCC1. The van der Waals surface area contributed by atoms with Crippen molar-refractivity contribution in [2.24, 2.45) is 5.92 Å². The van der Waals surface area contributed by atoms with Crippen molar-refractivity contribution in [3.8, 4) is 0 Å². The van der Waals surface area contributed by atoms with Crippen molar-refractivity contribution in [1.82, 2.24) is 10.6 Å². The Balaban J connectivity index is 1.74. The first-order chi connectivity index (χ1) is 7.36. The lowest BCUT2D eigenvalue weighted by Crippen LogP contribution is -2.43. The molecule has 0 unspecified atom stereocenters. The normalized spacial score (nSPS) is 25.1. The second-order valence-corrected chi connectivity index (χ2v) is 4.79. The predicted molar refractivity (Wildman–Crippen MR) is 59.6 cm³/mol. The molecule has 2 aliphatic rings. The van der Waals surface area contributed by atoms with Gasteiger partial charge in [-0.3, -0.25) is 4.79 Å². The van der Waals surface area contributed by atoms with Crippen LogP contribution in [0.25, 0.3) is 0 Å². The minimum atomic E-state index is 0.303. The van der Waals surface area contributed by atoms with Gasteiger partial charge in [-0.25, -0.2) is 5.32 Å². The van der Waals surface area contributed by atoms with Gasteiger partial charge in [0.1, 0.15) is 0 Å². The molecule has 0 atom stereocenters. The summed E-state index contributed by atoms with van der Waals surface area (Å²) in [5, 5.41) is 7.49. The van der Waals surface area contributed by atoms with Gasteiger partial charge in [-0.05, 0) is 25.7 Å². The average Bonchev–Trinajstić information content (AvgIpc) is 2.31. The van der Waals surface area contributed by atoms with Crippen LogP contribution in [0, 0.1) is 5.92 Å². The first-order valence-corrected chi connectivity index (χ1v) is 6.30. The second-order valence-electron chi connectivity index (χ2n) is 4.79. The molecule has 1 heterocycles. The molecule has 1 aliphatic heterocycles. The largest absolute Gasteiger partial charge is 0.353 e. The number of hydrogen-bond donors (Lipinski definition) is 1. The van der Waals surface area contributed by atoms with Crippen LogP contribution in [0.2, 0.25) is 0 Å². The molecule has 1 radical (unpaired) electrons. The molecule has 1 amide bonds. The molecule has 0 aromatic heterocycles. The first-order valence-electron chi connectivity index (χ1n) is 6.30. The van der Waals surface area contributed by atoms with Crippen LogP contribution in [0.4, 0.5) is 0 Å². The minimum Gasteiger partial charge on any atom is -0.353 e. The lowest BCUT2D eigenvalue weighted by Gasteiger charge is -2.27. The summed E-state index contributed by atoms with van der Waals surface area (Å²) in [7, 11) is 0. The van der Waals surface area contributed by atoms with E-state index < -0.39 is 0 Å². The average molecular weight is 209 g/mol. The van der Waals surface area contributed by atoms with Crippen molar-refractivity contribution in [2.45, 2.75) is 51.0 Å². The lowest BCUT2D eigenvalue weighted by molar-refractivity contribution is -0.126. The highest BCUT2D eigenvalue weighted by Crippen LogP contribution is 2.24. The summed E-state index contributed by atoms with van der Waals surface area (Å²) in [5.74, 6) is 0.610. The molecule has 3 nitrogen and oxygen atoms in total. The fraction of sp³-hybridized carbons (Fsp3) is 0.917. The Bertz CT molecular complexity index is 206. The maximum absolute atomic E-state index is 11.9. The Morgan fingerprint density at radius 3 is 2.33 bits per heavy atom. The smallest absolute Gasteiger partial charge is 0.223 e. The number of rotatable bonds is 2. The van der Waals surface area contributed by atoms with Crippen LogP contribution in [0.1, 0.15) is 44.9 Å². The first kappa shape index (κ1) is 10.9. The van der Waals surface area contributed by atoms with Crippen LogP contribution in [0.15, 0.2) is 0 Å². The number of nitrogens with zero attached hydrogens (tertiary/aromatic N) is 1. The molecule has 0 bridgehead atoms. The summed E-state index contributed by atoms with van der Waals surface area (Å²) < 4.78 is 0. The zero-order chi connectivity index (χ0) is 10.5. The molecule has 0 aromatic carbocycles. The molecular formula is C12H21N2O. The summed E-state index contributed by atoms with van der Waals surface area (Å²) in [6.45, 7) is 1.85. The molecule has 85 valence electrons. The summed E-state index contributed by atoms with van der Waals surface area (Å²) in [5.41, 5.74) is 0. The highest BCUT2D eigenvalue weighted by molar-refractivity contribution is 5.79. The monoisotopic (exact) mass is 209 g/mol. The number of hydrogen-bond acceptors (Lipinski definition) is 1. The molecule has 3 heteroatoms. The van der Waals surface area contributed by atoms with E-state index in [-0.39, 0.29) is 0 Å². The summed E-state index contributed by atoms with van der Waals surface area (Å²) in [4.78, 5) is 11.9. The summed E-state index contributed by atoms with van der Waals surface area (Å²) in [6.07, 6.45) is 8.06. The van der Waals surface area contributed by atoms with E-state index in [1.165, 1.54) is 19.3 Å². The van der Waals surface area contributed by atoms with Gasteiger partial charge in [-0.15, -0.1) is 0 Å². The lowest BCUT2D eigenvalue weighted by atomic mass is 9.88. The standard InChI is InChI=1S/C12H21N2O/c15-12(10-4-2-1-3-5-10)14-11-6-8-13-9-7-11/h10-11H,1-9H2,(H,14,15). The molecule has 1 aliphatic carbocycles. The summed E-state index contributed by atoms with van der Waals surface area (Å²) >= 11 is 0. The molecule has 1 saturated carbocycles. The van der Waals surface area contributed by atoms with Crippen molar-refractivity contribution in [1.29, 1.82) is 0 Å². The van der Waals surface area contributed by atoms with Gasteiger partial charge in [0.2, 0.25) is 5.91 Å². The van der Waals surface area contributed by atoms with Gasteiger partial charge in [0.05, 0.1) is 0 Å². The maximum Gasteiger partial charge on any atom is 0.223 e. The Kier molecular flexibility index (Phi) is 4.01. The van der Waals surface area contributed by atoms with Crippen molar-refractivity contribution >= 4 is 5.91 Å². The summed E-state index contributed by atoms with van der Waals surface area (Å²) in [6, 6.07) is 0.400. The van der Waals surface area contributed by atoms with E-state index in [9.17, 15) is 4.79 Å². The molecule has 15 heavy (non-hydrogen) atoms. The number of amides is 1. The Morgan fingerprint density at radius 1 is 1.00 bits per heavy atom. The molecular weight excluding hydrogens is 188 g/mol. The van der Waals surface area contributed by atoms with Gasteiger partial charge >= 0.3 is 0 Å². The molecule has 1 N–H and O–H groups in total. The number of carbonyl (C=O) groups is 1. The highest BCUT2D eigenvalue weighted by atomic mass is 16.1. The third-order valence-corrected chi connectivity index (χ3v) is 3.59. The van der Waals surface area contributed by atoms with Gasteiger partial charge in [0, 0.05) is 25.0 Å². The van der Waals surface area contributed by atoms with Gasteiger partial charge in [0.15, 0.2) is 0 Å². The number of piperidine rings is 1. The number of carbonyl (C=O) groups excluding carboxylic acids is 1. The number of nitrogens with one attached hydrogen (secondary N) is 1. The van der Waals surface area contributed by atoms with Gasteiger partial charge in [-0.1, -0.05) is 19.3 Å². The van der Waals surface area contributed by atoms with Crippen molar-refractivity contribution < 1.29 is 4.79 Å². The van der Waals surface area contributed by atoms with Gasteiger partial charge in [0.25, 0.3) is 0 Å². The zero-order valence-electron chi connectivity index (χ0n) is 9.37. The Hall–Kier alpha value is -0.570. The van der Waals surface area contributed by atoms with Crippen LogP contribution in [-0.2, 0) is 4.79 Å². The van der Waals surface area contributed by atoms with E-state index in [4.69, 9.17) is 0 Å². The van der Waals surface area contributed by atoms with E-state index in [1.54, 1.807) is 0 Å². The van der Waals surface area contributed by atoms with Crippen LogP contribution in [0.5, 0.6) is 0 Å². The Labute approximate surface area is 92.0 Å². The van der Waals surface area contributed by atoms with Gasteiger partial charge in [-0.2, -0.15) is 0 Å². The molecule has 0 aromatic rings. The quantitative estimate of drug-likeness (QED) is 0.735. The minimum absolute atomic E-state index is 0.303. The highest BCUT2D eigenvalue weighted by Gasteiger charge is 2.23. The van der Waals surface area contributed by atoms with Crippen molar-refractivity contribution in [3.05, 3.63) is 0 Å². The van der Waals surface area contributed by atoms with E-state index in [0.29, 0.717) is 17.9 Å². The van der Waals surface area contributed by atoms with Crippen LogP contribution in [-0.4, -0.2) is 25.0 Å². The van der Waals surface area contributed by atoms with E-state index in [2.05, 4.69) is 10.6 Å². The van der Waals surface area contributed by atoms with Gasteiger partial charge < -0.3 is 5.32 Å². The van der Waals surface area contributed by atoms with E-state index in [1.807, 2.05) is 0 Å². The Morgan fingerprint density at radius 2 is 1.67 bits per heavy atom. The second kappa shape index (κ2) is 5.50. The third-order valence-electron chi connectivity index (χ3n) is 3.59. The third kappa shape index (κ3) is 3.20. The van der Waals surface area contributed by atoms with Crippen LogP contribution >= 0.6 is 0 Å². The van der Waals surface area contributed by atoms with Crippen LogP contribution < -0.4 is 10.6 Å². The van der Waals surface area contributed by atoms with Crippen molar-refractivity contribution in [3.63, 3.8) is 0 Å².